The van der Waals surface area contributed by atoms with Gasteiger partial charge in [0.2, 0.25) is 11.7 Å². The Bertz CT molecular complexity index is 680. The maximum absolute atomic E-state index is 11.9. The molecule has 2 rings (SSSR count). The standard InChI is InChI=1S/C17H18N2O4.ClH/c1-21-14-9-12(10-15(22-2)17(14)23-3)6-7-16(20)19-13-5-4-8-18-11-13;/h4-11H,1-3H3,(H,19,20);1H/b7-6+;. The molecule has 6 nitrogen and oxygen atoms in total. The molecule has 24 heavy (non-hydrogen) atoms. The molecule has 0 fully saturated rings. The quantitative estimate of drug-likeness (QED) is 0.810. The Balaban J connectivity index is 0.00000288. The number of hydrogen-bond donors (Lipinski definition) is 1. The normalized spacial score (nSPS) is 9.96. The number of carbonyl (C=O) groups excluding carboxylic acids is 1. The minimum Gasteiger partial charge on any atom is -0.493 e. The molecule has 128 valence electrons. The summed E-state index contributed by atoms with van der Waals surface area (Å²) in [7, 11) is 4.62. The number of hydrogen-bond acceptors (Lipinski definition) is 5. The number of nitrogens with one attached hydrogen (secondary N) is 1. The van der Waals surface area contributed by atoms with Gasteiger partial charge in [-0.2, -0.15) is 0 Å². The Morgan fingerprint density at radius 2 is 1.79 bits per heavy atom. The van der Waals surface area contributed by atoms with Crippen molar-refractivity contribution in [3.63, 3.8) is 0 Å². The van der Waals surface area contributed by atoms with Crippen molar-refractivity contribution in [2.75, 3.05) is 26.6 Å². The highest BCUT2D eigenvalue weighted by molar-refractivity contribution is 6.01. The van der Waals surface area contributed by atoms with Crippen molar-refractivity contribution in [1.29, 1.82) is 0 Å². The first kappa shape index (κ1) is 19.3. The van der Waals surface area contributed by atoms with E-state index in [9.17, 15) is 4.79 Å². The predicted molar refractivity (Wildman–Crippen MR) is 95.2 cm³/mol. The van der Waals surface area contributed by atoms with Crippen LogP contribution in [0.4, 0.5) is 5.69 Å². The van der Waals surface area contributed by atoms with E-state index < -0.39 is 0 Å². The Kier molecular flexibility index (Phi) is 7.58. The molecule has 0 spiro atoms. The highest BCUT2D eigenvalue weighted by Gasteiger charge is 2.12. The van der Waals surface area contributed by atoms with Gasteiger partial charge in [0, 0.05) is 12.3 Å². The van der Waals surface area contributed by atoms with E-state index in [0.717, 1.165) is 5.56 Å². The van der Waals surface area contributed by atoms with Crippen molar-refractivity contribution in [1.82, 2.24) is 4.98 Å². The fraction of sp³-hybridized carbons (Fsp3) is 0.176. The van der Waals surface area contributed by atoms with Gasteiger partial charge in [0.15, 0.2) is 11.5 Å². The number of anilines is 1. The Morgan fingerprint density at radius 1 is 1.12 bits per heavy atom. The Labute approximate surface area is 146 Å². The number of halogens is 1. The van der Waals surface area contributed by atoms with Crippen LogP contribution in [0.2, 0.25) is 0 Å². The number of ether oxygens (including phenoxy) is 3. The van der Waals surface area contributed by atoms with Crippen LogP contribution in [0.25, 0.3) is 6.08 Å². The lowest BCUT2D eigenvalue weighted by atomic mass is 10.1. The summed E-state index contributed by atoms with van der Waals surface area (Å²) in [5.74, 6) is 1.30. The summed E-state index contributed by atoms with van der Waals surface area (Å²) < 4.78 is 15.8. The third-order valence-corrected chi connectivity index (χ3v) is 3.04. The van der Waals surface area contributed by atoms with Gasteiger partial charge in [-0.25, -0.2) is 0 Å². The van der Waals surface area contributed by atoms with Crippen LogP contribution in [0.1, 0.15) is 5.56 Å². The topological polar surface area (TPSA) is 69.7 Å². The summed E-state index contributed by atoms with van der Waals surface area (Å²) in [6, 6.07) is 7.03. The minimum absolute atomic E-state index is 0. The monoisotopic (exact) mass is 350 g/mol. The molecule has 0 aliphatic carbocycles. The molecule has 0 saturated carbocycles. The van der Waals surface area contributed by atoms with Crippen LogP contribution in [0, 0.1) is 0 Å². The Hall–Kier alpha value is -2.73. The van der Waals surface area contributed by atoms with E-state index in [0.29, 0.717) is 22.9 Å². The van der Waals surface area contributed by atoms with Gasteiger partial charge in [-0.1, -0.05) is 0 Å². The van der Waals surface area contributed by atoms with Gasteiger partial charge in [-0.05, 0) is 35.9 Å². The van der Waals surface area contributed by atoms with Gasteiger partial charge in [-0.15, -0.1) is 12.4 Å². The lowest BCUT2D eigenvalue weighted by Crippen LogP contribution is -2.07. The molecule has 7 heteroatoms. The number of rotatable bonds is 6. The lowest BCUT2D eigenvalue weighted by Gasteiger charge is -2.12. The van der Waals surface area contributed by atoms with Crippen molar-refractivity contribution in [3.05, 3.63) is 48.3 Å². The fourth-order valence-corrected chi connectivity index (χ4v) is 1.99. The molecule has 0 atom stereocenters. The van der Waals surface area contributed by atoms with Crippen molar-refractivity contribution < 1.29 is 19.0 Å². The largest absolute Gasteiger partial charge is 0.493 e. The molecule has 1 N–H and O–H groups in total. The molecule has 0 unspecified atom stereocenters. The molecule has 0 aliphatic heterocycles. The van der Waals surface area contributed by atoms with Crippen LogP contribution < -0.4 is 19.5 Å². The van der Waals surface area contributed by atoms with Crippen molar-refractivity contribution in [3.8, 4) is 17.2 Å². The number of carbonyl (C=O) groups is 1. The molecule has 1 aromatic carbocycles. The van der Waals surface area contributed by atoms with Gasteiger partial charge in [0.25, 0.3) is 0 Å². The summed E-state index contributed by atoms with van der Waals surface area (Å²) in [4.78, 5) is 15.8. The van der Waals surface area contributed by atoms with E-state index in [1.165, 1.54) is 13.2 Å². The first-order valence-electron chi connectivity index (χ1n) is 6.87. The molecule has 2 aromatic rings. The first-order chi connectivity index (χ1) is 11.2. The molecule has 1 amide bonds. The smallest absolute Gasteiger partial charge is 0.248 e. The van der Waals surface area contributed by atoms with Gasteiger partial charge in [0.1, 0.15) is 0 Å². The van der Waals surface area contributed by atoms with E-state index >= 15 is 0 Å². The van der Waals surface area contributed by atoms with Crippen LogP contribution in [0.3, 0.4) is 0 Å². The van der Waals surface area contributed by atoms with E-state index in [4.69, 9.17) is 14.2 Å². The van der Waals surface area contributed by atoms with Crippen LogP contribution in [0.5, 0.6) is 17.2 Å². The number of amides is 1. The summed E-state index contributed by atoms with van der Waals surface area (Å²) >= 11 is 0. The fourth-order valence-electron chi connectivity index (χ4n) is 1.99. The molecule has 1 heterocycles. The van der Waals surface area contributed by atoms with Gasteiger partial charge < -0.3 is 19.5 Å². The zero-order chi connectivity index (χ0) is 16.7. The van der Waals surface area contributed by atoms with Gasteiger partial charge in [-0.3, -0.25) is 9.78 Å². The lowest BCUT2D eigenvalue weighted by molar-refractivity contribution is -0.111. The number of benzene rings is 1. The molecule has 0 radical (unpaired) electrons. The van der Waals surface area contributed by atoms with E-state index in [1.54, 1.807) is 57.0 Å². The third-order valence-electron chi connectivity index (χ3n) is 3.04. The number of methoxy groups -OCH3 is 3. The molecule has 0 saturated heterocycles. The van der Waals surface area contributed by atoms with Gasteiger partial charge >= 0.3 is 0 Å². The first-order valence-corrected chi connectivity index (χ1v) is 6.87. The Morgan fingerprint density at radius 3 is 2.29 bits per heavy atom. The van der Waals surface area contributed by atoms with E-state index in [-0.39, 0.29) is 18.3 Å². The van der Waals surface area contributed by atoms with Crippen LogP contribution in [0.15, 0.2) is 42.7 Å². The number of nitrogens with zero attached hydrogens (tertiary/aromatic N) is 1. The minimum atomic E-state index is -0.258. The maximum atomic E-state index is 11.9. The molecular weight excluding hydrogens is 332 g/mol. The summed E-state index contributed by atoms with van der Waals surface area (Å²) in [6.07, 6.45) is 6.30. The average Bonchev–Trinajstić information content (AvgIpc) is 2.59. The summed E-state index contributed by atoms with van der Waals surface area (Å²) in [5, 5.41) is 2.72. The predicted octanol–water partition coefficient (Wildman–Crippen LogP) is 3.18. The molecule has 0 aliphatic rings. The van der Waals surface area contributed by atoms with Crippen molar-refractivity contribution >= 4 is 30.1 Å². The average molecular weight is 351 g/mol. The number of aromatic nitrogens is 1. The van der Waals surface area contributed by atoms with E-state index in [2.05, 4.69) is 10.3 Å². The van der Waals surface area contributed by atoms with Crippen molar-refractivity contribution in [2.24, 2.45) is 0 Å². The van der Waals surface area contributed by atoms with Crippen LogP contribution in [-0.4, -0.2) is 32.2 Å². The highest BCUT2D eigenvalue weighted by atomic mass is 35.5. The number of pyridine rings is 1. The maximum Gasteiger partial charge on any atom is 0.248 e. The summed E-state index contributed by atoms with van der Waals surface area (Å²) in [6.45, 7) is 0. The van der Waals surface area contributed by atoms with Gasteiger partial charge in [0.05, 0.1) is 33.2 Å². The zero-order valence-corrected chi connectivity index (χ0v) is 14.4. The second kappa shape index (κ2) is 9.42. The van der Waals surface area contributed by atoms with Crippen LogP contribution >= 0.6 is 12.4 Å². The second-order valence-corrected chi connectivity index (χ2v) is 4.52. The van der Waals surface area contributed by atoms with E-state index in [1.807, 2.05) is 0 Å². The molecule has 0 bridgehead atoms. The summed E-state index contributed by atoms with van der Waals surface area (Å²) in [5.41, 5.74) is 1.38. The molecular formula is C17H19ClN2O4. The highest BCUT2D eigenvalue weighted by Crippen LogP contribution is 2.38. The van der Waals surface area contributed by atoms with Crippen molar-refractivity contribution in [2.45, 2.75) is 0 Å². The third kappa shape index (κ3) is 4.89. The van der Waals surface area contributed by atoms with Crippen LogP contribution in [-0.2, 0) is 4.79 Å². The molecule has 1 aromatic heterocycles. The SMILES string of the molecule is COc1cc(/C=C/C(=O)Nc2cccnc2)cc(OC)c1OC.Cl. The zero-order valence-electron chi connectivity index (χ0n) is 13.6. The second-order valence-electron chi connectivity index (χ2n) is 4.52.